The van der Waals surface area contributed by atoms with Gasteiger partial charge in [0, 0.05) is 32.1 Å². The summed E-state index contributed by atoms with van der Waals surface area (Å²) in [7, 11) is -2.43. The molecule has 2 aromatic rings. The van der Waals surface area contributed by atoms with Crippen molar-refractivity contribution in [3.63, 3.8) is 0 Å². The topological polar surface area (TPSA) is 84.0 Å². The zero-order chi connectivity index (χ0) is 24.0. The standard InChI is InChI=1S/C24H29FN2O5S/c1-18(24(29)32-2)16-26(17-19-6-4-3-5-7-19)23(28)20-12-14-27(15-13-20)33(30,31)22-10-8-21(25)9-11-22/h3-11,18,20H,12-17H2,1-2H3. The van der Waals surface area contributed by atoms with Crippen molar-refractivity contribution in [2.45, 2.75) is 31.2 Å². The first kappa shape index (κ1) is 24.9. The van der Waals surface area contributed by atoms with Crippen molar-refractivity contribution in [2.75, 3.05) is 26.7 Å². The van der Waals surface area contributed by atoms with Crippen LogP contribution in [0, 0.1) is 17.7 Å². The number of nitrogens with zero attached hydrogens (tertiary/aromatic N) is 2. The minimum atomic E-state index is -3.75. The Morgan fingerprint density at radius 2 is 1.70 bits per heavy atom. The van der Waals surface area contributed by atoms with Crippen LogP contribution >= 0.6 is 0 Å². The smallest absolute Gasteiger partial charge is 0.310 e. The second-order valence-corrected chi connectivity index (χ2v) is 10.2. The van der Waals surface area contributed by atoms with Crippen LogP contribution in [-0.2, 0) is 30.9 Å². The molecule has 3 rings (SSSR count). The summed E-state index contributed by atoms with van der Waals surface area (Å²) in [5.74, 6) is -1.83. The molecule has 0 saturated carbocycles. The van der Waals surface area contributed by atoms with Gasteiger partial charge in [0.2, 0.25) is 15.9 Å². The molecule has 0 aromatic heterocycles. The summed E-state index contributed by atoms with van der Waals surface area (Å²) in [5.41, 5.74) is 0.944. The number of esters is 1. The molecule has 0 bridgehead atoms. The third-order valence-electron chi connectivity index (χ3n) is 5.88. The van der Waals surface area contributed by atoms with Gasteiger partial charge in [-0.3, -0.25) is 9.59 Å². The number of benzene rings is 2. The number of hydrogen-bond acceptors (Lipinski definition) is 5. The molecule has 1 aliphatic rings. The Labute approximate surface area is 194 Å². The van der Waals surface area contributed by atoms with E-state index in [1.165, 1.54) is 23.5 Å². The predicted octanol–water partition coefficient (Wildman–Crippen LogP) is 3.06. The zero-order valence-corrected chi connectivity index (χ0v) is 19.6. The largest absolute Gasteiger partial charge is 0.469 e. The van der Waals surface area contributed by atoms with Gasteiger partial charge in [-0.25, -0.2) is 12.8 Å². The van der Waals surface area contributed by atoms with Gasteiger partial charge in [0.15, 0.2) is 0 Å². The number of halogens is 1. The van der Waals surface area contributed by atoms with Crippen molar-refractivity contribution in [1.29, 1.82) is 0 Å². The predicted molar refractivity (Wildman–Crippen MR) is 121 cm³/mol. The van der Waals surface area contributed by atoms with Gasteiger partial charge in [0.1, 0.15) is 5.82 Å². The normalized spacial score (nSPS) is 16.2. The number of hydrogen-bond donors (Lipinski definition) is 0. The van der Waals surface area contributed by atoms with Gasteiger partial charge in [0.05, 0.1) is 17.9 Å². The van der Waals surface area contributed by atoms with Crippen LogP contribution in [0.3, 0.4) is 0 Å². The van der Waals surface area contributed by atoms with E-state index >= 15 is 0 Å². The van der Waals surface area contributed by atoms with E-state index in [0.29, 0.717) is 19.4 Å². The first-order valence-corrected chi connectivity index (χ1v) is 12.3. The van der Waals surface area contributed by atoms with Crippen molar-refractivity contribution >= 4 is 21.9 Å². The molecule has 33 heavy (non-hydrogen) atoms. The molecule has 178 valence electrons. The molecule has 1 saturated heterocycles. The number of carbonyl (C=O) groups is 2. The summed E-state index contributed by atoms with van der Waals surface area (Å²) in [4.78, 5) is 27.0. The molecule has 1 atom stereocenters. The molecule has 1 heterocycles. The fourth-order valence-electron chi connectivity index (χ4n) is 4.00. The van der Waals surface area contributed by atoms with E-state index in [9.17, 15) is 22.4 Å². The van der Waals surface area contributed by atoms with Gasteiger partial charge >= 0.3 is 5.97 Å². The second kappa shape index (κ2) is 10.9. The Morgan fingerprint density at radius 1 is 1.09 bits per heavy atom. The molecule has 1 amide bonds. The average molecular weight is 477 g/mol. The highest BCUT2D eigenvalue weighted by atomic mass is 32.2. The molecule has 9 heteroatoms. The third kappa shape index (κ3) is 6.17. The number of amides is 1. The Bertz CT molecular complexity index is 1050. The van der Waals surface area contributed by atoms with Crippen molar-refractivity contribution in [2.24, 2.45) is 11.8 Å². The molecule has 0 spiro atoms. The van der Waals surface area contributed by atoms with Crippen molar-refractivity contribution in [1.82, 2.24) is 9.21 Å². The monoisotopic (exact) mass is 476 g/mol. The molecule has 2 aromatic carbocycles. The van der Waals surface area contributed by atoms with Crippen LogP contribution < -0.4 is 0 Å². The molecule has 1 aliphatic heterocycles. The molecule has 0 radical (unpaired) electrons. The number of rotatable bonds is 8. The number of piperidine rings is 1. The maximum Gasteiger partial charge on any atom is 0.310 e. The Balaban J connectivity index is 1.69. The molecule has 7 nitrogen and oxygen atoms in total. The lowest BCUT2D eigenvalue weighted by atomic mass is 9.95. The van der Waals surface area contributed by atoms with E-state index in [4.69, 9.17) is 4.74 Å². The van der Waals surface area contributed by atoms with Crippen molar-refractivity contribution < 1.29 is 27.1 Å². The second-order valence-electron chi connectivity index (χ2n) is 8.26. The van der Waals surface area contributed by atoms with Crippen LogP contribution in [-0.4, -0.2) is 56.2 Å². The minimum Gasteiger partial charge on any atom is -0.469 e. The van der Waals surface area contributed by atoms with Gasteiger partial charge in [-0.15, -0.1) is 0 Å². The number of sulfonamides is 1. The summed E-state index contributed by atoms with van der Waals surface area (Å²) < 4.78 is 45.0. The minimum absolute atomic E-state index is 0.0336. The fraction of sp³-hybridized carbons (Fsp3) is 0.417. The average Bonchev–Trinajstić information content (AvgIpc) is 2.83. The third-order valence-corrected chi connectivity index (χ3v) is 7.79. The number of methoxy groups -OCH3 is 1. The van der Waals surface area contributed by atoms with E-state index in [2.05, 4.69) is 0 Å². The lowest BCUT2D eigenvalue weighted by molar-refractivity contribution is -0.147. The lowest BCUT2D eigenvalue weighted by Crippen LogP contribution is -2.45. The zero-order valence-electron chi connectivity index (χ0n) is 18.8. The quantitative estimate of drug-likeness (QED) is 0.547. The van der Waals surface area contributed by atoms with Crippen LogP contribution in [0.4, 0.5) is 4.39 Å². The van der Waals surface area contributed by atoms with Crippen molar-refractivity contribution in [3.8, 4) is 0 Å². The maximum atomic E-state index is 13.4. The number of ether oxygens (including phenoxy) is 1. The Kier molecular flexibility index (Phi) is 8.20. The highest BCUT2D eigenvalue weighted by Gasteiger charge is 2.34. The van der Waals surface area contributed by atoms with E-state index in [0.717, 1.165) is 17.7 Å². The SMILES string of the molecule is COC(=O)C(C)CN(Cc1ccccc1)C(=O)C1CCN(S(=O)(=O)c2ccc(F)cc2)CC1. The van der Waals surface area contributed by atoms with Crippen LogP contribution in [0.15, 0.2) is 59.5 Å². The summed E-state index contributed by atoms with van der Waals surface area (Å²) in [6.45, 7) is 2.68. The van der Waals surface area contributed by atoms with Crippen LogP contribution in [0.5, 0.6) is 0 Å². The van der Waals surface area contributed by atoms with Crippen molar-refractivity contribution in [3.05, 3.63) is 66.0 Å². The van der Waals surface area contributed by atoms with Crippen LogP contribution in [0.1, 0.15) is 25.3 Å². The maximum absolute atomic E-state index is 13.4. The van der Waals surface area contributed by atoms with Gasteiger partial charge < -0.3 is 9.64 Å². The molecule has 0 aliphatic carbocycles. The summed E-state index contributed by atoms with van der Waals surface area (Å²) in [6, 6.07) is 14.2. The Hall–Kier alpha value is -2.78. The van der Waals surface area contributed by atoms with E-state index in [1.54, 1.807) is 11.8 Å². The van der Waals surface area contributed by atoms with Gasteiger partial charge in [-0.05, 0) is 42.7 Å². The molecule has 0 N–H and O–H groups in total. The Morgan fingerprint density at radius 3 is 2.27 bits per heavy atom. The number of carbonyl (C=O) groups excluding carboxylic acids is 2. The first-order valence-electron chi connectivity index (χ1n) is 10.9. The van der Waals surface area contributed by atoms with Gasteiger partial charge in [0.25, 0.3) is 0 Å². The fourth-order valence-corrected chi connectivity index (χ4v) is 5.47. The highest BCUT2D eigenvalue weighted by Crippen LogP contribution is 2.26. The first-order chi connectivity index (χ1) is 15.7. The van der Waals surface area contributed by atoms with Crippen LogP contribution in [0.2, 0.25) is 0 Å². The molecular formula is C24H29FN2O5S. The van der Waals surface area contributed by atoms with Crippen LogP contribution in [0.25, 0.3) is 0 Å². The van der Waals surface area contributed by atoms with E-state index in [-0.39, 0.29) is 42.3 Å². The lowest BCUT2D eigenvalue weighted by Gasteiger charge is -2.34. The highest BCUT2D eigenvalue weighted by molar-refractivity contribution is 7.89. The summed E-state index contributed by atoms with van der Waals surface area (Å²) >= 11 is 0. The molecule has 1 fully saturated rings. The summed E-state index contributed by atoms with van der Waals surface area (Å²) in [5, 5.41) is 0. The van der Waals surface area contributed by atoms with E-state index < -0.39 is 21.8 Å². The van der Waals surface area contributed by atoms with Gasteiger partial charge in [-0.1, -0.05) is 37.3 Å². The van der Waals surface area contributed by atoms with E-state index in [1.807, 2.05) is 30.3 Å². The van der Waals surface area contributed by atoms with Gasteiger partial charge in [-0.2, -0.15) is 4.31 Å². The summed E-state index contributed by atoms with van der Waals surface area (Å²) in [6.07, 6.45) is 0.744. The molecule has 1 unspecified atom stereocenters. The molecular weight excluding hydrogens is 447 g/mol.